The van der Waals surface area contributed by atoms with Crippen molar-refractivity contribution < 1.29 is 23.1 Å². The van der Waals surface area contributed by atoms with Crippen LogP contribution in [0, 0.1) is 17.3 Å². The lowest BCUT2D eigenvalue weighted by atomic mass is 10.1. The van der Waals surface area contributed by atoms with Crippen molar-refractivity contribution in [2.45, 2.75) is 26.9 Å². The van der Waals surface area contributed by atoms with E-state index in [1.54, 1.807) is 13.8 Å². The summed E-state index contributed by atoms with van der Waals surface area (Å²) in [6.07, 6.45) is -3.33. The maximum atomic E-state index is 12.2. The van der Waals surface area contributed by atoms with Crippen molar-refractivity contribution in [2.24, 2.45) is 17.3 Å². The predicted octanol–water partition coefficient (Wildman–Crippen LogP) is 2.85. The first kappa shape index (κ1) is 12.1. The summed E-state index contributed by atoms with van der Waals surface area (Å²) < 4.78 is 36.6. The van der Waals surface area contributed by atoms with E-state index in [9.17, 15) is 18.0 Å². The first-order valence-corrected chi connectivity index (χ1v) is 4.57. The molecule has 0 amide bonds. The van der Waals surface area contributed by atoms with Gasteiger partial charge in [0.1, 0.15) is 0 Å². The van der Waals surface area contributed by atoms with Gasteiger partial charge in [-0.15, -0.1) is 0 Å². The highest BCUT2D eigenvalue weighted by atomic mass is 19.4. The van der Waals surface area contributed by atoms with E-state index in [0.29, 0.717) is 0 Å². The zero-order valence-corrected chi connectivity index (χ0v) is 8.72. The summed E-state index contributed by atoms with van der Waals surface area (Å²) in [4.78, 5) is 10.7. The molecule has 0 aromatic carbocycles. The van der Waals surface area contributed by atoms with Gasteiger partial charge in [-0.05, 0) is 18.3 Å². The van der Waals surface area contributed by atoms with Crippen molar-refractivity contribution >= 4 is 5.97 Å². The van der Waals surface area contributed by atoms with Gasteiger partial charge in [-0.3, -0.25) is 4.79 Å². The van der Waals surface area contributed by atoms with E-state index < -0.39 is 35.0 Å². The average Bonchev–Trinajstić information content (AvgIpc) is 2.50. The second-order valence-corrected chi connectivity index (χ2v) is 4.51. The van der Waals surface area contributed by atoms with Crippen LogP contribution in [0.25, 0.3) is 0 Å². The molecule has 0 aromatic rings. The molecule has 1 aliphatic carbocycles. The molecule has 0 bridgehead atoms. The lowest BCUT2D eigenvalue weighted by Crippen LogP contribution is -2.09. The molecular formula is C10H13F3O2. The van der Waals surface area contributed by atoms with Crippen LogP contribution in [-0.4, -0.2) is 17.3 Å². The van der Waals surface area contributed by atoms with E-state index in [2.05, 4.69) is 0 Å². The summed E-state index contributed by atoms with van der Waals surface area (Å²) in [5.41, 5.74) is -1.29. The molecular weight excluding hydrogens is 209 g/mol. The fourth-order valence-electron chi connectivity index (χ4n) is 1.82. The summed E-state index contributed by atoms with van der Waals surface area (Å²) in [5.74, 6) is -2.25. The second kappa shape index (κ2) is 3.25. The number of carboxylic acid groups (broad SMARTS) is 1. The maximum absolute atomic E-state index is 12.2. The minimum absolute atomic E-state index is 0.517. The van der Waals surface area contributed by atoms with E-state index in [1.165, 1.54) is 0 Å². The first-order valence-electron chi connectivity index (χ1n) is 4.57. The fraction of sp³-hybridized carbons (Fsp3) is 0.700. The molecule has 1 fully saturated rings. The molecule has 5 heteroatoms. The van der Waals surface area contributed by atoms with Crippen LogP contribution in [0.4, 0.5) is 13.2 Å². The Kier molecular flexibility index (Phi) is 2.62. The highest BCUT2D eigenvalue weighted by Gasteiger charge is 2.61. The summed E-state index contributed by atoms with van der Waals surface area (Å²) in [6.45, 7) is 4.29. The van der Waals surface area contributed by atoms with Gasteiger partial charge >= 0.3 is 12.1 Å². The third-order valence-electron chi connectivity index (χ3n) is 3.05. The Hall–Kier alpha value is -1.00. The van der Waals surface area contributed by atoms with Crippen LogP contribution in [0.15, 0.2) is 11.6 Å². The van der Waals surface area contributed by atoms with Crippen molar-refractivity contribution in [3.63, 3.8) is 0 Å². The SMILES string of the molecule is CC(=C[C@@H]1[C@@H](C(=O)O)C1(C)C)C(F)(F)F. The van der Waals surface area contributed by atoms with Gasteiger partial charge in [0.2, 0.25) is 0 Å². The number of aliphatic carboxylic acids is 1. The van der Waals surface area contributed by atoms with Gasteiger partial charge in [-0.2, -0.15) is 13.2 Å². The van der Waals surface area contributed by atoms with Gasteiger partial charge in [0.05, 0.1) is 5.92 Å². The molecule has 0 aliphatic heterocycles. The van der Waals surface area contributed by atoms with Gasteiger partial charge in [0.25, 0.3) is 0 Å². The van der Waals surface area contributed by atoms with Gasteiger partial charge < -0.3 is 5.11 Å². The zero-order valence-electron chi connectivity index (χ0n) is 8.72. The van der Waals surface area contributed by atoms with E-state index in [4.69, 9.17) is 5.11 Å². The van der Waals surface area contributed by atoms with Crippen LogP contribution in [0.3, 0.4) is 0 Å². The van der Waals surface area contributed by atoms with E-state index in [0.717, 1.165) is 13.0 Å². The Morgan fingerprint density at radius 2 is 1.87 bits per heavy atom. The van der Waals surface area contributed by atoms with Gasteiger partial charge in [0, 0.05) is 5.57 Å². The number of halogens is 3. The number of carbonyl (C=O) groups is 1. The van der Waals surface area contributed by atoms with Crippen LogP contribution in [0.1, 0.15) is 20.8 Å². The molecule has 1 saturated carbocycles. The second-order valence-electron chi connectivity index (χ2n) is 4.51. The molecule has 2 nitrogen and oxygen atoms in total. The summed E-state index contributed by atoms with van der Waals surface area (Å²) >= 11 is 0. The Balaban J connectivity index is 2.83. The number of carboxylic acids is 1. The molecule has 0 radical (unpaired) electrons. The van der Waals surface area contributed by atoms with Crippen LogP contribution in [0.2, 0.25) is 0 Å². The maximum Gasteiger partial charge on any atom is 0.412 e. The summed E-state index contributed by atoms with van der Waals surface area (Å²) in [7, 11) is 0. The van der Waals surface area contributed by atoms with Crippen LogP contribution in [0.5, 0.6) is 0 Å². The molecule has 0 saturated heterocycles. The minimum Gasteiger partial charge on any atom is -0.481 e. The minimum atomic E-state index is -4.36. The monoisotopic (exact) mass is 222 g/mol. The number of alkyl halides is 3. The number of rotatable bonds is 2. The van der Waals surface area contributed by atoms with Gasteiger partial charge in [-0.25, -0.2) is 0 Å². The van der Waals surface area contributed by atoms with Gasteiger partial charge in [-0.1, -0.05) is 19.9 Å². The summed E-state index contributed by atoms with van der Waals surface area (Å²) in [5, 5.41) is 8.76. The van der Waals surface area contributed by atoms with E-state index in [1.807, 2.05) is 0 Å². The molecule has 0 aromatic heterocycles. The van der Waals surface area contributed by atoms with Crippen LogP contribution >= 0.6 is 0 Å². The Labute approximate surface area is 85.8 Å². The van der Waals surface area contributed by atoms with Crippen molar-refractivity contribution in [3.8, 4) is 0 Å². The largest absolute Gasteiger partial charge is 0.481 e. The van der Waals surface area contributed by atoms with Crippen molar-refractivity contribution in [3.05, 3.63) is 11.6 Å². The van der Waals surface area contributed by atoms with E-state index in [-0.39, 0.29) is 0 Å². The van der Waals surface area contributed by atoms with Crippen LogP contribution < -0.4 is 0 Å². The highest BCUT2D eigenvalue weighted by Crippen LogP contribution is 2.59. The average molecular weight is 222 g/mol. The number of hydrogen-bond acceptors (Lipinski definition) is 1. The lowest BCUT2D eigenvalue weighted by Gasteiger charge is -2.06. The zero-order chi connectivity index (χ0) is 12.0. The topological polar surface area (TPSA) is 37.3 Å². The van der Waals surface area contributed by atoms with Gasteiger partial charge in [0.15, 0.2) is 0 Å². The fourth-order valence-corrected chi connectivity index (χ4v) is 1.82. The molecule has 0 unspecified atom stereocenters. The normalized spacial score (nSPS) is 30.1. The number of hydrogen-bond donors (Lipinski definition) is 1. The third kappa shape index (κ3) is 2.16. The van der Waals surface area contributed by atoms with Crippen molar-refractivity contribution in [1.29, 1.82) is 0 Å². The standard InChI is InChI=1S/C10H13F3O2/c1-5(10(11,12)13)4-6-7(8(14)15)9(6,2)3/h4,6-7H,1-3H3,(H,14,15)/t6-,7+/m1/s1. The highest BCUT2D eigenvalue weighted by molar-refractivity contribution is 5.76. The molecule has 86 valence electrons. The predicted molar refractivity (Wildman–Crippen MR) is 48.2 cm³/mol. The first-order chi connectivity index (χ1) is 6.58. The molecule has 0 spiro atoms. The van der Waals surface area contributed by atoms with Crippen molar-refractivity contribution in [2.75, 3.05) is 0 Å². The quantitative estimate of drug-likeness (QED) is 0.729. The third-order valence-corrected chi connectivity index (χ3v) is 3.05. The molecule has 0 heterocycles. The molecule has 1 N–H and O–H groups in total. The van der Waals surface area contributed by atoms with E-state index >= 15 is 0 Å². The summed E-state index contributed by atoms with van der Waals surface area (Å²) in [6, 6.07) is 0. The smallest absolute Gasteiger partial charge is 0.412 e. The number of allylic oxidation sites excluding steroid dienone is 2. The lowest BCUT2D eigenvalue weighted by molar-refractivity contribution is -0.139. The Morgan fingerprint density at radius 3 is 2.13 bits per heavy atom. The molecule has 1 aliphatic rings. The molecule has 15 heavy (non-hydrogen) atoms. The molecule has 2 atom stereocenters. The Bertz CT molecular complexity index is 315. The van der Waals surface area contributed by atoms with Crippen LogP contribution in [-0.2, 0) is 4.79 Å². The Morgan fingerprint density at radius 1 is 1.40 bits per heavy atom. The van der Waals surface area contributed by atoms with Crippen molar-refractivity contribution in [1.82, 2.24) is 0 Å². The molecule has 1 rings (SSSR count).